The average molecular weight is 313 g/mol. The summed E-state index contributed by atoms with van der Waals surface area (Å²) in [6.07, 6.45) is -1.19. The van der Waals surface area contributed by atoms with E-state index >= 15 is 0 Å². The highest BCUT2D eigenvalue weighted by Gasteiger charge is 2.19. The van der Waals surface area contributed by atoms with Gasteiger partial charge in [0.25, 0.3) is 5.91 Å². The molecule has 0 aliphatic heterocycles. The lowest BCUT2D eigenvalue weighted by molar-refractivity contribution is -0.129. The second kappa shape index (κ2) is 7.79. The molecule has 0 aromatic heterocycles. The van der Waals surface area contributed by atoms with Gasteiger partial charge in [0.1, 0.15) is 12.4 Å². The zero-order chi connectivity index (χ0) is 16.8. The topological polar surface area (TPSA) is 58.6 Å². The quantitative estimate of drug-likeness (QED) is 0.861. The molecule has 1 atom stereocenters. The van der Waals surface area contributed by atoms with Crippen LogP contribution in [0.3, 0.4) is 0 Å². The lowest BCUT2D eigenvalue weighted by Crippen LogP contribution is -2.26. The summed E-state index contributed by atoms with van der Waals surface area (Å²) in [5.41, 5.74) is 2.49. The Morgan fingerprint density at radius 3 is 2.35 bits per heavy atom. The highest BCUT2D eigenvalue weighted by Crippen LogP contribution is 2.27. The average Bonchev–Trinajstić information content (AvgIpc) is 2.59. The molecule has 0 radical (unpaired) electrons. The van der Waals surface area contributed by atoms with Gasteiger partial charge in [-0.2, -0.15) is 0 Å². The Morgan fingerprint density at radius 2 is 1.70 bits per heavy atom. The van der Waals surface area contributed by atoms with Crippen LogP contribution in [0.1, 0.15) is 42.6 Å². The van der Waals surface area contributed by atoms with Crippen LogP contribution < -0.4 is 10.1 Å². The second-order valence-corrected chi connectivity index (χ2v) is 5.70. The Hall–Kier alpha value is -2.33. The molecule has 0 heterocycles. The number of para-hydroxylation sites is 1. The van der Waals surface area contributed by atoms with Crippen molar-refractivity contribution in [2.75, 3.05) is 7.05 Å². The fourth-order valence-corrected chi connectivity index (χ4v) is 2.45. The fourth-order valence-electron chi connectivity index (χ4n) is 2.45. The molecule has 0 saturated carbocycles. The number of nitrogens with one attached hydrogen (secondary N) is 1. The molecule has 2 aromatic carbocycles. The number of carbonyl (C=O) groups is 1. The predicted molar refractivity (Wildman–Crippen MR) is 90.3 cm³/mol. The van der Waals surface area contributed by atoms with E-state index in [-0.39, 0.29) is 0 Å². The maximum Gasteiger partial charge on any atom is 0.253 e. The molecule has 4 nitrogen and oxygen atoms in total. The molecule has 1 amide bonds. The molecule has 23 heavy (non-hydrogen) atoms. The second-order valence-electron chi connectivity index (χ2n) is 5.70. The summed E-state index contributed by atoms with van der Waals surface area (Å²) in [4.78, 5) is 11.7. The number of hydrogen-bond donors (Lipinski definition) is 2. The number of aliphatic hydroxyl groups excluding tert-OH is 1. The first-order valence-electron chi connectivity index (χ1n) is 7.73. The van der Waals surface area contributed by atoms with Gasteiger partial charge in [-0.15, -0.1) is 0 Å². The number of ether oxygens (including phenoxy) is 1. The number of benzene rings is 2. The number of carbonyl (C=O) groups excluding carboxylic acids is 1. The van der Waals surface area contributed by atoms with E-state index in [4.69, 9.17) is 4.74 Å². The summed E-state index contributed by atoms with van der Waals surface area (Å²) in [6.45, 7) is 4.53. The van der Waals surface area contributed by atoms with Crippen molar-refractivity contribution in [2.24, 2.45) is 0 Å². The van der Waals surface area contributed by atoms with E-state index in [1.165, 1.54) is 7.05 Å². The van der Waals surface area contributed by atoms with Gasteiger partial charge >= 0.3 is 0 Å². The lowest BCUT2D eigenvalue weighted by Gasteiger charge is -2.17. The van der Waals surface area contributed by atoms with E-state index < -0.39 is 12.0 Å². The van der Waals surface area contributed by atoms with E-state index in [0.29, 0.717) is 18.1 Å². The van der Waals surface area contributed by atoms with Crippen molar-refractivity contribution in [1.29, 1.82) is 0 Å². The van der Waals surface area contributed by atoms with Gasteiger partial charge in [-0.05, 0) is 28.7 Å². The molecule has 122 valence electrons. The SMILES string of the molecule is CNC(=O)C(O)c1ccccc1COc1ccccc1C(C)C. The van der Waals surface area contributed by atoms with E-state index in [1.807, 2.05) is 36.4 Å². The van der Waals surface area contributed by atoms with Crippen LogP contribution in [0, 0.1) is 0 Å². The van der Waals surface area contributed by atoms with Crippen LogP contribution in [0.25, 0.3) is 0 Å². The third-order valence-corrected chi connectivity index (χ3v) is 3.77. The maximum absolute atomic E-state index is 11.7. The summed E-state index contributed by atoms with van der Waals surface area (Å²) in [5, 5.41) is 12.6. The highest BCUT2D eigenvalue weighted by molar-refractivity contribution is 5.82. The zero-order valence-corrected chi connectivity index (χ0v) is 13.7. The Kier molecular flexibility index (Phi) is 5.77. The minimum Gasteiger partial charge on any atom is -0.489 e. The molecule has 0 spiro atoms. The molecule has 0 aliphatic carbocycles. The van der Waals surface area contributed by atoms with Gasteiger partial charge in [0.15, 0.2) is 6.10 Å². The summed E-state index contributed by atoms with van der Waals surface area (Å²) in [5.74, 6) is 0.754. The molecule has 1 unspecified atom stereocenters. The van der Waals surface area contributed by atoms with Crippen LogP contribution in [0.5, 0.6) is 5.75 Å². The minimum atomic E-state index is -1.19. The fraction of sp³-hybridized carbons (Fsp3) is 0.316. The molecule has 0 saturated heterocycles. The van der Waals surface area contributed by atoms with Gasteiger partial charge < -0.3 is 15.2 Å². The van der Waals surface area contributed by atoms with E-state index in [9.17, 15) is 9.90 Å². The van der Waals surface area contributed by atoms with E-state index in [2.05, 4.69) is 19.2 Å². The third-order valence-electron chi connectivity index (χ3n) is 3.77. The number of likely N-dealkylation sites (N-methyl/N-ethyl adjacent to an activating group) is 1. The van der Waals surface area contributed by atoms with Crippen LogP contribution >= 0.6 is 0 Å². The normalized spacial score (nSPS) is 12.0. The van der Waals surface area contributed by atoms with Gasteiger partial charge in [-0.3, -0.25) is 4.79 Å². The molecule has 0 fully saturated rings. The monoisotopic (exact) mass is 313 g/mol. The predicted octanol–water partition coefficient (Wildman–Crippen LogP) is 3.17. The van der Waals surface area contributed by atoms with E-state index in [0.717, 1.165) is 16.9 Å². The van der Waals surface area contributed by atoms with Crippen LogP contribution in [-0.4, -0.2) is 18.1 Å². The molecule has 2 aromatic rings. The van der Waals surface area contributed by atoms with Crippen LogP contribution in [0.15, 0.2) is 48.5 Å². The van der Waals surface area contributed by atoms with Crippen molar-refractivity contribution in [3.8, 4) is 5.75 Å². The van der Waals surface area contributed by atoms with Crippen molar-refractivity contribution < 1.29 is 14.6 Å². The maximum atomic E-state index is 11.7. The summed E-state index contributed by atoms with van der Waals surface area (Å²) < 4.78 is 5.95. The molecule has 0 bridgehead atoms. The van der Waals surface area contributed by atoms with Gasteiger partial charge in [-0.1, -0.05) is 56.3 Å². The molecular weight excluding hydrogens is 290 g/mol. The standard InChI is InChI=1S/C19H23NO3/c1-13(2)15-9-6-7-11-17(15)23-12-14-8-4-5-10-16(14)18(21)19(22)20-3/h4-11,13,18,21H,12H2,1-3H3,(H,20,22). The summed E-state index contributed by atoms with van der Waals surface area (Å²) in [6, 6.07) is 15.2. The van der Waals surface area contributed by atoms with Crippen molar-refractivity contribution in [3.63, 3.8) is 0 Å². The molecule has 2 rings (SSSR count). The summed E-state index contributed by atoms with van der Waals surface area (Å²) >= 11 is 0. The number of aliphatic hydroxyl groups is 1. The number of amides is 1. The van der Waals surface area contributed by atoms with Crippen LogP contribution in [0.2, 0.25) is 0 Å². The zero-order valence-electron chi connectivity index (χ0n) is 13.7. The van der Waals surface area contributed by atoms with Crippen molar-refractivity contribution >= 4 is 5.91 Å². The molecule has 2 N–H and O–H groups in total. The molecule has 0 aliphatic rings. The Morgan fingerprint density at radius 1 is 1.09 bits per heavy atom. The van der Waals surface area contributed by atoms with Crippen molar-refractivity contribution in [1.82, 2.24) is 5.32 Å². The van der Waals surface area contributed by atoms with Gasteiger partial charge in [0.05, 0.1) is 0 Å². The smallest absolute Gasteiger partial charge is 0.253 e. The van der Waals surface area contributed by atoms with Crippen LogP contribution in [-0.2, 0) is 11.4 Å². The molecule has 4 heteroatoms. The largest absolute Gasteiger partial charge is 0.489 e. The number of rotatable bonds is 6. The van der Waals surface area contributed by atoms with Gasteiger partial charge in [0.2, 0.25) is 0 Å². The van der Waals surface area contributed by atoms with Crippen LogP contribution in [0.4, 0.5) is 0 Å². The minimum absolute atomic E-state index is 0.300. The first kappa shape index (κ1) is 17.0. The first-order chi connectivity index (χ1) is 11.0. The van der Waals surface area contributed by atoms with Gasteiger partial charge in [-0.25, -0.2) is 0 Å². The van der Waals surface area contributed by atoms with E-state index in [1.54, 1.807) is 12.1 Å². The Labute approximate surface area is 137 Å². The molecular formula is C19H23NO3. The van der Waals surface area contributed by atoms with Crippen molar-refractivity contribution in [3.05, 3.63) is 65.2 Å². The van der Waals surface area contributed by atoms with Gasteiger partial charge in [0, 0.05) is 7.05 Å². The number of hydrogen-bond acceptors (Lipinski definition) is 3. The highest BCUT2D eigenvalue weighted by atomic mass is 16.5. The summed E-state index contributed by atoms with van der Waals surface area (Å²) in [7, 11) is 1.50. The van der Waals surface area contributed by atoms with Crippen molar-refractivity contribution in [2.45, 2.75) is 32.5 Å². The Balaban J connectivity index is 2.20. The first-order valence-corrected chi connectivity index (χ1v) is 7.73. The Bertz CT molecular complexity index is 667. The third kappa shape index (κ3) is 4.11. The lowest BCUT2D eigenvalue weighted by atomic mass is 10.0.